The number of Topliss-reactive ketones (excluding diaryl/α,β-unsaturated/α-hetero) is 1. The molecule has 1 aromatic heterocycles. The van der Waals surface area contributed by atoms with Gasteiger partial charge in [-0.1, -0.05) is 6.92 Å². The maximum Gasteiger partial charge on any atom is 0.162 e. The van der Waals surface area contributed by atoms with E-state index in [1.807, 2.05) is 6.92 Å². The van der Waals surface area contributed by atoms with Crippen LogP contribution in [0.5, 0.6) is 0 Å². The Morgan fingerprint density at radius 3 is 2.66 bits per heavy atom. The van der Waals surface area contributed by atoms with E-state index in [2.05, 4.69) is 22.3 Å². The average molecular weight is 443 g/mol. The van der Waals surface area contributed by atoms with Crippen molar-refractivity contribution in [2.24, 2.45) is 52.8 Å². The highest BCUT2D eigenvalue weighted by molar-refractivity contribution is 5.81. The Morgan fingerprint density at radius 2 is 1.88 bits per heavy atom. The normalized spacial score (nSPS) is 49.0. The highest BCUT2D eigenvalue weighted by Gasteiger charge is 2.71. The van der Waals surface area contributed by atoms with Crippen LogP contribution in [0.3, 0.4) is 0 Å². The Bertz CT molecular complexity index is 861. The van der Waals surface area contributed by atoms with Gasteiger partial charge in [0.15, 0.2) is 12.1 Å². The molecule has 2 unspecified atom stereocenters. The molecule has 1 N–H and O–H groups in total. The largest absolute Gasteiger partial charge is 0.389 e. The number of carbonyl (C=O) groups excluding carboxylic acids is 1. The average Bonchev–Trinajstić information content (AvgIpc) is 3.11. The Kier molecular flexibility index (Phi) is 5.03. The molecule has 32 heavy (non-hydrogen) atoms. The van der Waals surface area contributed by atoms with Gasteiger partial charge in [-0.3, -0.25) is 4.79 Å². The number of hydrogen-bond acceptors (Lipinski definition) is 6. The van der Waals surface area contributed by atoms with Crippen LogP contribution in [-0.2, 0) is 16.1 Å². The van der Waals surface area contributed by atoms with E-state index < -0.39 is 5.60 Å². The first-order valence-corrected chi connectivity index (χ1v) is 13.0. The molecule has 7 heteroatoms. The number of ether oxygens (including phenoxy) is 1. The van der Waals surface area contributed by atoms with E-state index in [0.29, 0.717) is 29.5 Å². The van der Waals surface area contributed by atoms with Crippen LogP contribution in [0.1, 0.15) is 65.2 Å². The van der Waals surface area contributed by atoms with Crippen LogP contribution in [0.2, 0.25) is 0 Å². The van der Waals surface area contributed by atoms with Gasteiger partial charge in [-0.25, -0.2) is 0 Å². The van der Waals surface area contributed by atoms with Crippen LogP contribution in [-0.4, -0.2) is 49.9 Å². The smallest absolute Gasteiger partial charge is 0.162 e. The molecule has 6 rings (SSSR count). The van der Waals surface area contributed by atoms with Gasteiger partial charge in [-0.2, -0.15) is 4.80 Å². The molecule has 10 atom stereocenters. The van der Waals surface area contributed by atoms with Gasteiger partial charge in [0.25, 0.3) is 0 Å². The fourth-order valence-electron chi connectivity index (χ4n) is 9.54. The molecule has 0 aliphatic heterocycles. The molecule has 5 fully saturated rings. The SMILES string of the molecule is CCOCC1C2[C@@H]3CC[C@@H]4[C@H](CC[C@]5(C)[C@@H](C(=O)Cn6ncnn6)CC[C@@H]45)[C@H]3CC[C@]12O. The van der Waals surface area contributed by atoms with E-state index in [9.17, 15) is 9.90 Å². The van der Waals surface area contributed by atoms with Crippen LogP contribution in [0.25, 0.3) is 0 Å². The summed E-state index contributed by atoms with van der Waals surface area (Å²) >= 11 is 0. The zero-order chi connectivity index (χ0) is 22.1. The van der Waals surface area contributed by atoms with E-state index in [1.54, 1.807) is 0 Å². The lowest BCUT2D eigenvalue weighted by molar-refractivity contribution is -0.132. The number of ketones is 1. The second kappa shape index (κ2) is 7.59. The maximum atomic E-state index is 13.2. The van der Waals surface area contributed by atoms with Gasteiger partial charge in [-0.15, -0.1) is 10.2 Å². The summed E-state index contributed by atoms with van der Waals surface area (Å²) in [7, 11) is 0. The molecule has 1 heterocycles. The van der Waals surface area contributed by atoms with Crippen LogP contribution in [0, 0.1) is 52.8 Å². The van der Waals surface area contributed by atoms with Gasteiger partial charge in [0, 0.05) is 18.4 Å². The lowest BCUT2D eigenvalue weighted by Crippen LogP contribution is -2.50. The Hall–Kier alpha value is -1.34. The van der Waals surface area contributed by atoms with Gasteiger partial charge in [-0.05, 0) is 104 Å². The van der Waals surface area contributed by atoms with E-state index >= 15 is 0 Å². The Morgan fingerprint density at radius 1 is 1.09 bits per heavy atom. The molecular weight excluding hydrogens is 404 g/mol. The third-order valence-corrected chi connectivity index (χ3v) is 10.9. The number of rotatable bonds is 6. The first kappa shape index (κ1) is 21.2. The zero-order valence-electron chi connectivity index (χ0n) is 19.5. The van der Waals surface area contributed by atoms with Gasteiger partial charge in [0.2, 0.25) is 0 Å². The number of aromatic nitrogens is 4. The molecule has 0 bridgehead atoms. The lowest BCUT2D eigenvalue weighted by Gasteiger charge is -2.55. The molecule has 0 aromatic carbocycles. The van der Waals surface area contributed by atoms with Gasteiger partial charge >= 0.3 is 0 Å². The predicted molar refractivity (Wildman–Crippen MR) is 117 cm³/mol. The Labute approximate surface area is 190 Å². The minimum atomic E-state index is -0.438. The highest BCUT2D eigenvalue weighted by atomic mass is 16.5. The molecule has 0 amide bonds. The summed E-state index contributed by atoms with van der Waals surface area (Å²) in [6.07, 6.45) is 10.7. The van der Waals surface area contributed by atoms with Gasteiger partial charge in [0.1, 0.15) is 6.54 Å². The second-order valence-electron chi connectivity index (χ2n) is 11.8. The van der Waals surface area contributed by atoms with Crippen molar-refractivity contribution in [2.45, 2.75) is 77.4 Å². The maximum absolute atomic E-state index is 13.2. The molecule has 5 saturated carbocycles. The van der Waals surface area contributed by atoms with Crippen molar-refractivity contribution >= 4 is 5.78 Å². The van der Waals surface area contributed by atoms with Crippen molar-refractivity contribution in [3.05, 3.63) is 6.33 Å². The summed E-state index contributed by atoms with van der Waals surface area (Å²) in [4.78, 5) is 14.6. The van der Waals surface area contributed by atoms with Gasteiger partial charge in [0.05, 0.1) is 12.2 Å². The molecule has 1 aromatic rings. The molecule has 0 spiro atoms. The molecule has 5 aliphatic rings. The topological polar surface area (TPSA) is 90.1 Å². The summed E-state index contributed by atoms with van der Waals surface area (Å²) in [5.74, 6) is 4.91. The third kappa shape index (κ3) is 2.99. The van der Waals surface area contributed by atoms with Crippen molar-refractivity contribution in [2.75, 3.05) is 13.2 Å². The van der Waals surface area contributed by atoms with Crippen molar-refractivity contribution in [3.63, 3.8) is 0 Å². The summed E-state index contributed by atoms with van der Waals surface area (Å²) in [6, 6.07) is 0. The number of fused-ring (bicyclic) bond motifs is 7. The van der Waals surface area contributed by atoms with E-state index in [1.165, 1.54) is 49.6 Å². The summed E-state index contributed by atoms with van der Waals surface area (Å²) in [5, 5.41) is 22.9. The number of tetrazole rings is 1. The van der Waals surface area contributed by atoms with Crippen LogP contribution in [0.4, 0.5) is 0 Å². The third-order valence-electron chi connectivity index (χ3n) is 10.9. The van der Waals surface area contributed by atoms with Gasteiger partial charge < -0.3 is 9.84 Å². The lowest BCUT2D eigenvalue weighted by atomic mass is 9.49. The number of nitrogens with zero attached hydrogens (tertiary/aromatic N) is 4. The second-order valence-corrected chi connectivity index (χ2v) is 11.8. The number of carbonyl (C=O) groups is 1. The first-order valence-electron chi connectivity index (χ1n) is 13.0. The molecule has 7 nitrogen and oxygen atoms in total. The van der Waals surface area contributed by atoms with E-state index in [0.717, 1.165) is 43.8 Å². The van der Waals surface area contributed by atoms with E-state index in [-0.39, 0.29) is 17.9 Å². The quantitative estimate of drug-likeness (QED) is 0.728. The zero-order valence-corrected chi connectivity index (χ0v) is 19.5. The molecular formula is C25H38N4O3. The van der Waals surface area contributed by atoms with Crippen LogP contribution < -0.4 is 0 Å². The van der Waals surface area contributed by atoms with Crippen LogP contribution >= 0.6 is 0 Å². The summed E-state index contributed by atoms with van der Waals surface area (Å²) < 4.78 is 5.74. The molecule has 176 valence electrons. The van der Waals surface area contributed by atoms with Crippen molar-refractivity contribution in [3.8, 4) is 0 Å². The predicted octanol–water partition coefficient (Wildman–Crippen LogP) is 3.13. The highest BCUT2D eigenvalue weighted by Crippen LogP contribution is 2.70. The molecule has 0 radical (unpaired) electrons. The summed E-state index contributed by atoms with van der Waals surface area (Å²) in [5.41, 5.74) is -0.315. The fraction of sp³-hybridized carbons (Fsp3) is 0.920. The monoisotopic (exact) mass is 442 g/mol. The molecule has 5 aliphatic carbocycles. The van der Waals surface area contributed by atoms with E-state index in [4.69, 9.17) is 4.74 Å². The number of hydrogen-bond donors (Lipinski definition) is 1. The minimum absolute atomic E-state index is 0.123. The standard InChI is InChI=1S/C25H38N4O3/c1-3-32-13-21-23-18-5-4-17-15(16(18)9-11-25(21,23)31)8-10-24(2)19(17)6-7-20(24)22(30)12-29-27-14-26-28-29/h14-21,23,31H,3-13H2,1-2H3/t15-,16-,17-,18-,19+,20-,21?,23?,24+,25+/m1/s1. The fourth-order valence-corrected chi connectivity index (χ4v) is 9.54. The Balaban J connectivity index is 1.17. The van der Waals surface area contributed by atoms with Crippen molar-refractivity contribution in [1.29, 1.82) is 0 Å². The van der Waals surface area contributed by atoms with Crippen molar-refractivity contribution in [1.82, 2.24) is 20.2 Å². The number of aliphatic hydroxyl groups is 1. The summed E-state index contributed by atoms with van der Waals surface area (Å²) in [6.45, 7) is 6.19. The van der Waals surface area contributed by atoms with Crippen molar-refractivity contribution < 1.29 is 14.6 Å². The first-order chi connectivity index (χ1) is 15.5. The minimum Gasteiger partial charge on any atom is -0.389 e. The molecule has 0 saturated heterocycles. The van der Waals surface area contributed by atoms with Crippen LogP contribution in [0.15, 0.2) is 6.33 Å².